The highest BCUT2D eigenvalue weighted by molar-refractivity contribution is 5.94. The lowest BCUT2D eigenvalue weighted by Crippen LogP contribution is -2.54. The quantitative estimate of drug-likeness (QED) is 0.784. The second kappa shape index (κ2) is 7.43. The van der Waals surface area contributed by atoms with Crippen molar-refractivity contribution in [1.29, 1.82) is 0 Å². The van der Waals surface area contributed by atoms with Crippen molar-refractivity contribution in [3.05, 3.63) is 0 Å². The van der Waals surface area contributed by atoms with E-state index in [9.17, 15) is 14.4 Å². The minimum Gasteiger partial charge on any atom is -0.444 e. The van der Waals surface area contributed by atoms with Gasteiger partial charge < -0.3 is 15.8 Å². The Labute approximate surface area is 136 Å². The van der Waals surface area contributed by atoms with Gasteiger partial charge in [-0.2, -0.15) is 5.10 Å². The number of amides is 3. The summed E-state index contributed by atoms with van der Waals surface area (Å²) in [5.41, 5.74) is 4.62. The molecule has 0 aliphatic carbocycles. The van der Waals surface area contributed by atoms with Crippen molar-refractivity contribution < 1.29 is 19.1 Å². The molecule has 130 valence electrons. The predicted molar refractivity (Wildman–Crippen MR) is 85.6 cm³/mol. The molecule has 0 aromatic rings. The number of carbonyl (C=O) groups is 3. The third-order valence-electron chi connectivity index (χ3n) is 3.54. The Morgan fingerprint density at radius 2 is 2.04 bits per heavy atom. The first kappa shape index (κ1) is 18.9. The van der Waals surface area contributed by atoms with Gasteiger partial charge in [0.2, 0.25) is 5.91 Å². The van der Waals surface area contributed by atoms with Crippen LogP contribution in [0.5, 0.6) is 0 Å². The second-order valence-corrected chi connectivity index (χ2v) is 6.64. The van der Waals surface area contributed by atoms with E-state index >= 15 is 0 Å². The van der Waals surface area contributed by atoms with Gasteiger partial charge in [-0.05, 0) is 26.7 Å². The molecule has 1 heterocycles. The standard InChI is InChI=1S/C15H26N4O4/c1-6-9(2)11(18-14(22)23-15(3,4)5)13(21)19-10(12(16)20)7-8-17-19/h8-11H,6-7H2,1-5H3,(H2,16,20)(H,18,22)/t9?,10?,11-/m0/s1. The highest BCUT2D eigenvalue weighted by Crippen LogP contribution is 2.18. The van der Waals surface area contributed by atoms with E-state index in [1.807, 2.05) is 13.8 Å². The molecule has 3 amide bonds. The monoisotopic (exact) mass is 326 g/mol. The number of hydrogen-bond acceptors (Lipinski definition) is 5. The average molecular weight is 326 g/mol. The molecule has 1 aliphatic heterocycles. The second-order valence-electron chi connectivity index (χ2n) is 6.64. The molecule has 2 unspecified atom stereocenters. The third-order valence-corrected chi connectivity index (χ3v) is 3.54. The minimum atomic E-state index is -0.841. The van der Waals surface area contributed by atoms with Crippen molar-refractivity contribution in [3.8, 4) is 0 Å². The lowest BCUT2D eigenvalue weighted by molar-refractivity contribution is -0.141. The van der Waals surface area contributed by atoms with Gasteiger partial charge in [-0.15, -0.1) is 0 Å². The van der Waals surface area contributed by atoms with Crippen LogP contribution in [-0.2, 0) is 14.3 Å². The Morgan fingerprint density at radius 1 is 1.43 bits per heavy atom. The van der Waals surface area contributed by atoms with Gasteiger partial charge in [-0.3, -0.25) is 9.59 Å². The molecule has 1 aliphatic rings. The molecule has 0 saturated carbocycles. The maximum absolute atomic E-state index is 12.7. The average Bonchev–Trinajstić information content (AvgIpc) is 2.90. The highest BCUT2D eigenvalue weighted by Gasteiger charge is 2.38. The van der Waals surface area contributed by atoms with Gasteiger partial charge in [-0.25, -0.2) is 9.80 Å². The molecular weight excluding hydrogens is 300 g/mol. The third kappa shape index (κ3) is 5.22. The summed E-state index contributed by atoms with van der Waals surface area (Å²) in [5, 5.41) is 7.56. The van der Waals surface area contributed by atoms with Crippen molar-refractivity contribution in [2.45, 2.75) is 65.1 Å². The van der Waals surface area contributed by atoms with Gasteiger partial charge in [-0.1, -0.05) is 20.3 Å². The van der Waals surface area contributed by atoms with Gasteiger partial charge in [0.15, 0.2) is 0 Å². The lowest BCUT2D eigenvalue weighted by atomic mass is 9.98. The largest absolute Gasteiger partial charge is 0.444 e. The molecule has 0 fully saturated rings. The molecule has 0 bridgehead atoms. The molecular formula is C15H26N4O4. The summed E-state index contributed by atoms with van der Waals surface area (Å²) in [6.45, 7) is 8.95. The Hall–Kier alpha value is -2.12. The number of carbonyl (C=O) groups excluding carboxylic acids is 3. The first-order valence-corrected chi connectivity index (χ1v) is 7.71. The summed E-state index contributed by atoms with van der Waals surface area (Å²) in [7, 11) is 0. The molecule has 0 aromatic heterocycles. The topological polar surface area (TPSA) is 114 Å². The number of nitrogens with two attached hydrogens (primary N) is 1. The number of hydrazone groups is 1. The fraction of sp³-hybridized carbons (Fsp3) is 0.733. The first-order chi connectivity index (χ1) is 10.6. The van der Waals surface area contributed by atoms with Crippen molar-refractivity contribution >= 4 is 24.1 Å². The molecule has 0 radical (unpaired) electrons. The Kier molecular flexibility index (Phi) is 6.12. The fourth-order valence-corrected chi connectivity index (χ4v) is 2.12. The zero-order valence-electron chi connectivity index (χ0n) is 14.3. The normalized spacial score (nSPS) is 20.0. The van der Waals surface area contributed by atoms with E-state index in [2.05, 4.69) is 10.4 Å². The van der Waals surface area contributed by atoms with Crippen LogP contribution in [0.3, 0.4) is 0 Å². The summed E-state index contributed by atoms with van der Waals surface area (Å²) in [4.78, 5) is 36.1. The number of hydrogen-bond donors (Lipinski definition) is 2. The van der Waals surface area contributed by atoms with Gasteiger partial charge in [0.05, 0.1) is 0 Å². The van der Waals surface area contributed by atoms with Crippen LogP contribution in [-0.4, -0.2) is 46.8 Å². The number of nitrogens with zero attached hydrogens (tertiary/aromatic N) is 2. The predicted octanol–water partition coefficient (Wildman–Crippen LogP) is 0.998. The number of alkyl carbamates (subject to hydrolysis) is 1. The van der Waals surface area contributed by atoms with Crippen LogP contribution in [0.4, 0.5) is 4.79 Å². The molecule has 0 spiro atoms. The van der Waals surface area contributed by atoms with E-state index in [4.69, 9.17) is 10.5 Å². The number of primary amides is 1. The summed E-state index contributed by atoms with van der Waals surface area (Å²) in [6.07, 6.45) is 1.72. The Bertz CT molecular complexity index is 498. The molecule has 8 heteroatoms. The van der Waals surface area contributed by atoms with Crippen LogP contribution in [0.2, 0.25) is 0 Å². The van der Waals surface area contributed by atoms with Gasteiger partial charge in [0, 0.05) is 12.6 Å². The maximum Gasteiger partial charge on any atom is 0.408 e. The van der Waals surface area contributed by atoms with E-state index in [1.54, 1.807) is 20.8 Å². The van der Waals surface area contributed by atoms with Crippen molar-refractivity contribution in [2.24, 2.45) is 16.8 Å². The SMILES string of the molecule is CCC(C)[C@H](NC(=O)OC(C)(C)C)C(=O)N1N=CCC1C(N)=O. The van der Waals surface area contributed by atoms with Crippen LogP contribution in [0.15, 0.2) is 5.10 Å². The molecule has 23 heavy (non-hydrogen) atoms. The number of ether oxygens (including phenoxy) is 1. The molecule has 8 nitrogen and oxygen atoms in total. The molecule has 0 aromatic carbocycles. The van der Waals surface area contributed by atoms with E-state index in [0.717, 1.165) is 5.01 Å². The highest BCUT2D eigenvalue weighted by atomic mass is 16.6. The zero-order valence-corrected chi connectivity index (χ0v) is 14.3. The fourth-order valence-electron chi connectivity index (χ4n) is 2.12. The smallest absolute Gasteiger partial charge is 0.408 e. The van der Waals surface area contributed by atoms with Gasteiger partial charge in [0.25, 0.3) is 5.91 Å². The summed E-state index contributed by atoms with van der Waals surface area (Å²) >= 11 is 0. The number of nitrogens with one attached hydrogen (secondary N) is 1. The lowest BCUT2D eigenvalue weighted by Gasteiger charge is -2.29. The van der Waals surface area contributed by atoms with E-state index in [-0.39, 0.29) is 12.3 Å². The Balaban J connectivity index is 2.89. The van der Waals surface area contributed by atoms with E-state index < -0.39 is 35.6 Å². The summed E-state index contributed by atoms with van der Waals surface area (Å²) < 4.78 is 5.20. The summed E-state index contributed by atoms with van der Waals surface area (Å²) in [5.74, 6) is -1.25. The summed E-state index contributed by atoms with van der Waals surface area (Å²) in [6, 6.07) is -1.65. The van der Waals surface area contributed by atoms with Crippen LogP contribution in [0.1, 0.15) is 47.5 Å². The van der Waals surface area contributed by atoms with Crippen molar-refractivity contribution in [2.75, 3.05) is 0 Å². The zero-order chi connectivity index (χ0) is 17.8. The maximum atomic E-state index is 12.7. The first-order valence-electron chi connectivity index (χ1n) is 7.71. The molecule has 3 atom stereocenters. The minimum absolute atomic E-state index is 0.153. The van der Waals surface area contributed by atoms with Crippen LogP contribution in [0, 0.1) is 5.92 Å². The number of rotatable bonds is 5. The van der Waals surface area contributed by atoms with Crippen LogP contribution < -0.4 is 11.1 Å². The van der Waals surface area contributed by atoms with E-state index in [1.165, 1.54) is 6.21 Å². The Morgan fingerprint density at radius 3 is 2.52 bits per heavy atom. The van der Waals surface area contributed by atoms with Gasteiger partial charge >= 0.3 is 6.09 Å². The molecule has 3 N–H and O–H groups in total. The molecule has 0 saturated heterocycles. The van der Waals surface area contributed by atoms with Gasteiger partial charge in [0.1, 0.15) is 17.7 Å². The van der Waals surface area contributed by atoms with Crippen LogP contribution >= 0.6 is 0 Å². The van der Waals surface area contributed by atoms with Crippen molar-refractivity contribution in [1.82, 2.24) is 10.3 Å². The van der Waals surface area contributed by atoms with Crippen LogP contribution in [0.25, 0.3) is 0 Å². The molecule has 1 rings (SSSR count). The van der Waals surface area contributed by atoms with Crippen molar-refractivity contribution in [3.63, 3.8) is 0 Å². The van der Waals surface area contributed by atoms with E-state index in [0.29, 0.717) is 6.42 Å².